The second-order valence-corrected chi connectivity index (χ2v) is 6.55. The standard InChI is InChI=1S/C18H34O2/c1-5-6-7-10-16(2)11-8-13-18(4,20)14-9-12-17(3)15-19/h11,15,17,20H,5-10,12-14H2,1-4H3/b16-11+. The number of aldehydes is 1. The Balaban J connectivity index is 3.84. The minimum Gasteiger partial charge on any atom is -0.390 e. The average molecular weight is 282 g/mol. The Labute approximate surface area is 125 Å². The molecule has 0 radical (unpaired) electrons. The zero-order valence-electron chi connectivity index (χ0n) is 14.0. The summed E-state index contributed by atoms with van der Waals surface area (Å²) in [5, 5.41) is 10.3. The molecular formula is C18H34O2. The second kappa shape index (κ2) is 11.1. The fraction of sp³-hybridized carbons (Fsp3) is 0.833. The van der Waals surface area contributed by atoms with Crippen molar-refractivity contribution in [1.82, 2.24) is 0 Å². The van der Waals surface area contributed by atoms with Gasteiger partial charge in [0, 0.05) is 5.92 Å². The first-order valence-corrected chi connectivity index (χ1v) is 8.24. The van der Waals surface area contributed by atoms with Crippen LogP contribution in [0.3, 0.4) is 0 Å². The van der Waals surface area contributed by atoms with Crippen LogP contribution in [0, 0.1) is 5.92 Å². The van der Waals surface area contributed by atoms with Crippen LogP contribution in [0.4, 0.5) is 0 Å². The molecule has 0 fully saturated rings. The van der Waals surface area contributed by atoms with Gasteiger partial charge in [-0.15, -0.1) is 0 Å². The molecule has 0 amide bonds. The third kappa shape index (κ3) is 11.2. The van der Waals surface area contributed by atoms with Gasteiger partial charge < -0.3 is 9.90 Å². The van der Waals surface area contributed by atoms with Gasteiger partial charge >= 0.3 is 0 Å². The third-order valence-corrected chi connectivity index (χ3v) is 3.96. The van der Waals surface area contributed by atoms with E-state index in [1.54, 1.807) is 0 Å². The minimum absolute atomic E-state index is 0.117. The molecule has 0 aliphatic carbocycles. The topological polar surface area (TPSA) is 37.3 Å². The van der Waals surface area contributed by atoms with E-state index in [9.17, 15) is 9.90 Å². The molecule has 0 aromatic heterocycles. The molecule has 0 saturated heterocycles. The van der Waals surface area contributed by atoms with Crippen molar-refractivity contribution < 1.29 is 9.90 Å². The fourth-order valence-corrected chi connectivity index (χ4v) is 2.38. The monoisotopic (exact) mass is 282 g/mol. The number of allylic oxidation sites excluding steroid dienone is 2. The highest BCUT2D eigenvalue weighted by molar-refractivity contribution is 5.52. The second-order valence-electron chi connectivity index (χ2n) is 6.55. The van der Waals surface area contributed by atoms with E-state index in [4.69, 9.17) is 0 Å². The van der Waals surface area contributed by atoms with Gasteiger partial charge in [0.05, 0.1) is 5.60 Å². The Morgan fingerprint density at radius 1 is 1.25 bits per heavy atom. The molecule has 0 aliphatic heterocycles. The summed E-state index contributed by atoms with van der Waals surface area (Å²) in [5.41, 5.74) is 0.854. The summed E-state index contributed by atoms with van der Waals surface area (Å²) in [4.78, 5) is 10.5. The number of rotatable bonds is 12. The maximum atomic E-state index is 10.5. The predicted molar refractivity (Wildman–Crippen MR) is 86.8 cm³/mol. The minimum atomic E-state index is -0.594. The van der Waals surface area contributed by atoms with E-state index in [2.05, 4.69) is 19.9 Å². The van der Waals surface area contributed by atoms with Gasteiger partial charge in [-0.2, -0.15) is 0 Å². The number of hydrogen-bond donors (Lipinski definition) is 1. The highest BCUT2D eigenvalue weighted by Crippen LogP contribution is 2.22. The molecule has 20 heavy (non-hydrogen) atoms. The lowest BCUT2D eigenvalue weighted by Crippen LogP contribution is -2.23. The van der Waals surface area contributed by atoms with Crippen LogP contribution >= 0.6 is 0 Å². The lowest BCUT2D eigenvalue weighted by Gasteiger charge is -2.23. The van der Waals surface area contributed by atoms with E-state index in [-0.39, 0.29) is 5.92 Å². The Morgan fingerprint density at radius 2 is 1.95 bits per heavy atom. The van der Waals surface area contributed by atoms with Gasteiger partial charge in [0.25, 0.3) is 0 Å². The molecule has 1 N–H and O–H groups in total. The van der Waals surface area contributed by atoms with Crippen LogP contribution in [0.1, 0.15) is 85.5 Å². The van der Waals surface area contributed by atoms with E-state index in [0.717, 1.165) is 38.4 Å². The van der Waals surface area contributed by atoms with Crippen molar-refractivity contribution >= 4 is 6.29 Å². The number of carbonyl (C=O) groups is 1. The van der Waals surface area contributed by atoms with Crippen molar-refractivity contribution in [2.45, 2.75) is 91.1 Å². The molecule has 0 saturated carbocycles. The van der Waals surface area contributed by atoms with Crippen molar-refractivity contribution in [1.29, 1.82) is 0 Å². The van der Waals surface area contributed by atoms with Gasteiger partial charge in [-0.3, -0.25) is 0 Å². The quantitative estimate of drug-likeness (QED) is 0.309. The van der Waals surface area contributed by atoms with Gasteiger partial charge in [0.15, 0.2) is 0 Å². The molecule has 0 spiro atoms. The van der Waals surface area contributed by atoms with Crippen LogP contribution in [-0.2, 0) is 4.79 Å². The number of unbranched alkanes of at least 4 members (excludes halogenated alkanes) is 2. The first-order chi connectivity index (χ1) is 9.41. The van der Waals surface area contributed by atoms with E-state index >= 15 is 0 Å². The maximum Gasteiger partial charge on any atom is 0.122 e. The SMILES string of the molecule is CCCCC/C(C)=C/CCC(C)(O)CCCC(C)C=O. The molecule has 0 aromatic carbocycles. The van der Waals surface area contributed by atoms with Crippen molar-refractivity contribution in [2.24, 2.45) is 5.92 Å². The molecule has 0 heterocycles. The molecule has 2 atom stereocenters. The smallest absolute Gasteiger partial charge is 0.122 e. The van der Waals surface area contributed by atoms with Gasteiger partial charge in [-0.25, -0.2) is 0 Å². The largest absolute Gasteiger partial charge is 0.390 e. The van der Waals surface area contributed by atoms with Crippen molar-refractivity contribution in [3.63, 3.8) is 0 Å². The average Bonchev–Trinajstić information content (AvgIpc) is 2.38. The Kier molecular flexibility index (Phi) is 10.7. The van der Waals surface area contributed by atoms with E-state index in [1.807, 2.05) is 13.8 Å². The van der Waals surface area contributed by atoms with Gasteiger partial charge in [-0.1, -0.05) is 38.3 Å². The first kappa shape index (κ1) is 19.4. The molecule has 0 aliphatic rings. The number of carbonyl (C=O) groups excluding carboxylic acids is 1. The first-order valence-electron chi connectivity index (χ1n) is 8.24. The fourth-order valence-electron chi connectivity index (χ4n) is 2.38. The van der Waals surface area contributed by atoms with Crippen LogP contribution in [0.15, 0.2) is 11.6 Å². The van der Waals surface area contributed by atoms with Crippen LogP contribution in [0.5, 0.6) is 0 Å². The summed E-state index contributed by atoms with van der Waals surface area (Å²) in [6, 6.07) is 0. The van der Waals surface area contributed by atoms with Crippen molar-refractivity contribution in [3.8, 4) is 0 Å². The summed E-state index contributed by atoms with van der Waals surface area (Å²) in [5.74, 6) is 0.117. The molecule has 2 heteroatoms. The van der Waals surface area contributed by atoms with Gasteiger partial charge in [-0.05, 0) is 58.8 Å². The molecule has 2 unspecified atom stereocenters. The molecule has 0 rings (SSSR count). The summed E-state index contributed by atoms with van der Waals surface area (Å²) in [6.07, 6.45) is 12.7. The lowest BCUT2D eigenvalue weighted by molar-refractivity contribution is -0.110. The van der Waals surface area contributed by atoms with Gasteiger partial charge in [0.1, 0.15) is 6.29 Å². The van der Waals surface area contributed by atoms with Gasteiger partial charge in [0.2, 0.25) is 0 Å². The molecule has 0 bridgehead atoms. The summed E-state index contributed by atoms with van der Waals surface area (Å²) in [6.45, 7) is 8.26. The van der Waals surface area contributed by atoms with E-state index < -0.39 is 5.60 Å². The van der Waals surface area contributed by atoms with Crippen LogP contribution in [-0.4, -0.2) is 17.0 Å². The predicted octanol–water partition coefficient (Wildman–Crippen LogP) is 5.05. The maximum absolute atomic E-state index is 10.5. The summed E-state index contributed by atoms with van der Waals surface area (Å²) in [7, 11) is 0. The highest BCUT2D eigenvalue weighted by Gasteiger charge is 2.19. The Hall–Kier alpha value is -0.630. The van der Waals surface area contributed by atoms with E-state index in [0.29, 0.717) is 0 Å². The van der Waals surface area contributed by atoms with Crippen molar-refractivity contribution in [2.75, 3.05) is 0 Å². The van der Waals surface area contributed by atoms with Crippen LogP contribution in [0.2, 0.25) is 0 Å². The zero-order valence-corrected chi connectivity index (χ0v) is 14.0. The third-order valence-electron chi connectivity index (χ3n) is 3.96. The molecular weight excluding hydrogens is 248 g/mol. The highest BCUT2D eigenvalue weighted by atomic mass is 16.3. The van der Waals surface area contributed by atoms with E-state index in [1.165, 1.54) is 31.3 Å². The van der Waals surface area contributed by atoms with Crippen LogP contribution < -0.4 is 0 Å². The Morgan fingerprint density at radius 3 is 2.55 bits per heavy atom. The van der Waals surface area contributed by atoms with Crippen LogP contribution in [0.25, 0.3) is 0 Å². The Bertz CT molecular complexity index is 279. The number of aliphatic hydroxyl groups is 1. The molecule has 2 nitrogen and oxygen atoms in total. The molecule has 0 aromatic rings. The van der Waals surface area contributed by atoms with Crippen molar-refractivity contribution in [3.05, 3.63) is 11.6 Å². The molecule has 118 valence electrons. The lowest BCUT2D eigenvalue weighted by atomic mass is 9.91. The zero-order chi connectivity index (χ0) is 15.4. The summed E-state index contributed by atoms with van der Waals surface area (Å²) >= 11 is 0. The summed E-state index contributed by atoms with van der Waals surface area (Å²) < 4.78 is 0. The normalized spacial score (nSPS) is 16.8. The number of hydrogen-bond acceptors (Lipinski definition) is 2.